The number of H-pyrrole nitrogens is 1. The second-order valence-electron chi connectivity index (χ2n) is 6.33. The number of aryl methyl sites for hydroxylation is 2. The Balaban J connectivity index is 1.57. The highest BCUT2D eigenvalue weighted by Crippen LogP contribution is 2.19. The third kappa shape index (κ3) is 2.94. The van der Waals surface area contributed by atoms with E-state index < -0.39 is 0 Å². The molecule has 1 aromatic carbocycles. The third-order valence-corrected chi connectivity index (χ3v) is 4.43. The molecule has 3 N–H and O–H groups in total. The van der Waals surface area contributed by atoms with Crippen LogP contribution in [0.15, 0.2) is 30.3 Å². The molecule has 1 aliphatic heterocycles. The molecule has 0 radical (unpaired) electrons. The molecule has 0 bridgehead atoms. The van der Waals surface area contributed by atoms with E-state index in [-0.39, 0.29) is 5.91 Å². The number of aromatic nitrogens is 4. The van der Waals surface area contributed by atoms with Crippen molar-refractivity contribution in [1.29, 1.82) is 0 Å². The van der Waals surface area contributed by atoms with Gasteiger partial charge in [-0.3, -0.25) is 9.89 Å². The molecule has 3 aromatic rings. The first-order valence-corrected chi connectivity index (χ1v) is 8.34. The number of fused-ring (bicyclic) bond motifs is 1. The molecule has 0 aliphatic carbocycles. The zero-order valence-electron chi connectivity index (χ0n) is 14.3. The minimum atomic E-state index is -0.241. The van der Waals surface area contributed by atoms with Crippen LogP contribution >= 0.6 is 0 Å². The summed E-state index contributed by atoms with van der Waals surface area (Å²) >= 11 is 0. The molecular formula is C18H20N6O. The Kier molecular flexibility index (Phi) is 3.85. The summed E-state index contributed by atoms with van der Waals surface area (Å²) in [5.74, 6) is 0.276. The van der Waals surface area contributed by atoms with E-state index in [2.05, 4.69) is 25.9 Å². The number of amides is 1. The van der Waals surface area contributed by atoms with Crippen molar-refractivity contribution in [2.24, 2.45) is 0 Å². The molecule has 0 saturated carbocycles. The van der Waals surface area contributed by atoms with E-state index >= 15 is 0 Å². The van der Waals surface area contributed by atoms with Gasteiger partial charge in [0.05, 0.1) is 5.69 Å². The fraction of sp³-hybridized carbons (Fsp3) is 0.278. The smallest absolute Gasteiger partial charge is 0.277 e. The van der Waals surface area contributed by atoms with Gasteiger partial charge in [0, 0.05) is 42.5 Å². The lowest BCUT2D eigenvalue weighted by molar-refractivity contribution is 0.102. The van der Waals surface area contributed by atoms with Gasteiger partial charge in [-0.1, -0.05) is 17.7 Å². The van der Waals surface area contributed by atoms with Crippen molar-refractivity contribution < 1.29 is 4.79 Å². The van der Waals surface area contributed by atoms with Gasteiger partial charge in [0.2, 0.25) is 0 Å². The van der Waals surface area contributed by atoms with E-state index in [1.165, 1.54) is 5.56 Å². The van der Waals surface area contributed by atoms with Crippen LogP contribution < -0.4 is 10.6 Å². The molecule has 1 aliphatic rings. The largest absolute Gasteiger partial charge is 0.312 e. The molecule has 0 atom stereocenters. The van der Waals surface area contributed by atoms with Gasteiger partial charge in [-0.2, -0.15) is 5.10 Å². The summed E-state index contributed by atoms with van der Waals surface area (Å²) in [7, 11) is 0. The van der Waals surface area contributed by atoms with E-state index in [0.29, 0.717) is 18.1 Å². The highest BCUT2D eigenvalue weighted by atomic mass is 16.2. The van der Waals surface area contributed by atoms with Crippen molar-refractivity contribution >= 4 is 11.7 Å². The standard InChI is InChI=1S/C18H20N6O/c1-11-3-5-13(6-4-11)24-12(2)9-16(23-24)20-18(25)17-14-10-19-8-7-15(14)21-22-17/h3-6,9,19H,7-8,10H2,1-2H3,(H,21,22)(H,20,23,25). The highest BCUT2D eigenvalue weighted by molar-refractivity contribution is 6.03. The average Bonchev–Trinajstić information content (AvgIpc) is 3.19. The average molecular weight is 336 g/mol. The molecular weight excluding hydrogens is 316 g/mol. The van der Waals surface area contributed by atoms with Crippen molar-refractivity contribution in [1.82, 2.24) is 25.3 Å². The van der Waals surface area contributed by atoms with Gasteiger partial charge >= 0.3 is 0 Å². The minimum absolute atomic E-state index is 0.241. The number of benzene rings is 1. The van der Waals surface area contributed by atoms with Crippen molar-refractivity contribution in [2.75, 3.05) is 11.9 Å². The SMILES string of the molecule is Cc1ccc(-n2nc(NC(=O)c3n[nH]c4c3CNCC4)cc2C)cc1. The van der Waals surface area contributed by atoms with Crippen LogP contribution in [0, 0.1) is 13.8 Å². The summed E-state index contributed by atoms with van der Waals surface area (Å²) in [5.41, 5.74) is 5.52. The van der Waals surface area contributed by atoms with Gasteiger partial charge in [-0.05, 0) is 26.0 Å². The number of carbonyl (C=O) groups excluding carboxylic acids is 1. The molecule has 3 heterocycles. The van der Waals surface area contributed by atoms with E-state index in [9.17, 15) is 4.79 Å². The predicted molar refractivity (Wildman–Crippen MR) is 95.0 cm³/mol. The molecule has 4 rings (SSSR count). The van der Waals surface area contributed by atoms with Crippen LogP contribution in [-0.2, 0) is 13.0 Å². The Morgan fingerprint density at radius 1 is 1.24 bits per heavy atom. The van der Waals surface area contributed by atoms with Crippen molar-refractivity contribution in [3.63, 3.8) is 0 Å². The summed E-state index contributed by atoms with van der Waals surface area (Å²) in [6.07, 6.45) is 0.858. The molecule has 128 valence electrons. The van der Waals surface area contributed by atoms with Gasteiger partial charge < -0.3 is 10.6 Å². The molecule has 0 unspecified atom stereocenters. The molecule has 7 heteroatoms. The molecule has 1 amide bonds. The summed E-state index contributed by atoms with van der Waals surface area (Å²) in [5, 5.41) is 17.8. The zero-order chi connectivity index (χ0) is 17.4. The van der Waals surface area contributed by atoms with Crippen LogP contribution in [0.2, 0.25) is 0 Å². The quantitative estimate of drug-likeness (QED) is 0.683. The zero-order valence-corrected chi connectivity index (χ0v) is 14.3. The molecule has 2 aromatic heterocycles. The number of nitrogens with one attached hydrogen (secondary N) is 3. The molecule has 0 spiro atoms. The van der Waals surface area contributed by atoms with Gasteiger partial charge in [-0.15, -0.1) is 5.10 Å². The van der Waals surface area contributed by atoms with Crippen LogP contribution in [0.5, 0.6) is 0 Å². The van der Waals surface area contributed by atoms with Crippen LogP contribution in [0.25, 0.3) is 5.69 Å². The number of hydrogen-bond acceptors (Lipinski definition) is 4. The first kappa shape index (κ1) is 15.6. The second kappa shape index (κ2) is 6.18. The van der Waals surface area contributed by atoms with Gasteiger partial charge in [0.25, 0.3) is 5.91 Å². The Morgan fingerprint density at radius 2 is 2.04 bits per heavy atom. The first-order chi connectivity index (χ1) is 12.1. The minimum Gasteiger partial charge on any atom is -0.312 e. The number of rotatable bonds is 3. The van der Waals surface area contributed by atoms with Crippen LogP contribution in [-0.4, -0.2) is 32.4 Å². The van der Waals surface area contributed by atoms with Crippen molar-refractivity contribution in [3.05, 3.63) is 58.5 Å². The Bertz CT molecular complexity index is 922. The van der Waals surface area contributed by atoms with Crippen molar-refractivity contribution in [3.8, 4) is 5.69 Å². The Morgan fingerprint density at radius 3 is 2.84 bits per heavy atom. The lowest BCUT2D eigenvalue weighted by Gasteiger charge is -2.12. The molecule has 0 fully saturated rings. The maximum Gasteiger partial charge on any atom is 0.277 e. The van der Waals surface area contributed by atoms with Crippen LogP contribution in [0.3, 0.4) is 0 Å². The highest BCUT2D eigenvalue weighted by Gasteiger charge is 2.22. The van der Waals surface area contributed by atoms with E-state index in [1.54, 1.807) is 0 Å². The summed E-state index contributed by atoms with van der Waals surface area (Å²) in [6.45, 7) is 5.56. The van der Waals surface area contributed by atoms with Crippen LogP contribution in [0.4, 0.5) is 5.82 Å². The number of hydrogen-bond donors (Lipinski definition) is 3. The lowest BCUT2D eigenvalue weighted by Crippen LogP contribution is -2.25. The topological polar surface area (TPSA) is 87.6 Å². The maximum atomic E-state index is 12.6. The molecule has 0 saturated heterocycles. The van der Waals surface area contributed by atoms with Gasteiger partial charge in [-0.25, -0.2) is 4.68 Å². The van der Waals surface area contributed by atoms with E-state index in [0.717, 1.165) is 35.6 Å². The summed E-state index contributed by atoms with van der Waals surface area (Å²) in [4.78, 5) is 12.6. The van der Waals surface area contributed by atoms with E-state index in [4.69, 9.17) is 0 Å². The summed E-state index contributed by atoms with van der Waals surface area (Å²) < 4.78 is 1.82. The fourth-order valence-electron chi connectivity index (χ4n) is 3.07. The van der Waals surface area contributed by atoms with Gasteiger partial charge in [0.15, 0.2) is 11.5 Å². The first-order valence-electron chi connectivity index (χ1n) is 8.34. The summed E-state index contributed by atoms with van der Waals surface area (Å²) in [6, 6.07) is 9.96. The third-order valence-electron chi connectivity index (χ3n) is 4.43. The number of aromatic amines is 1. The van der Waals surface area contributed by atoms with Crippen LogP contribution in [0.1, 0.15) is 33.0 Å². The monoisotopic (exact) mass is 336 g/mol. The normalized spacial score (nSPS) is 13.5. The van der Waals surface area contributed by atoms with Gasteiger partial charge in [0.1, 0.15) is 0 Å². The lowest BCUT2D eigenvalue weighted by atomic mass is 10.1. The Labute approximate surface area is 145 Å². The fourth-order valence-corrected chi connectivity index (χ4v) is 3.07. The van der Waals surface area contributed by atoms with Crippen molar-refractivity contribution in [2.45, 2.75) is 26.8 Å². The Hall–Kier alpha value is -2.93. The molecule has 7 nitrogen and oxygen atoms in total. The number of carbonyl (C=O) groups is 1. The predicted octanol–water partition coefficient (Wildman–Crippen LogP) is 2.11. The number of anilines is 1. The maximum absolute atomic E-state index is 12.6. The second-order valence-corrected chi connectivity index (χ2v) is 6.33. The molecule has 25 heavy (non-hydrogen) atoms. The van der Waals surface area contributed by atoms with E-state index in [1.807, 2.05) is 48.9 Å². The number of nitrogens with zero attached hydrogens (tertiary/aromatic N) is 3.